The molecule has 1 fully saturated rings. The molecule has 5 nitrogen and oxygen atoms in total. The van der Waals surface area contributed by atoms with Crippen LogP contribution in [-0.2, 0) is 9.47 Å². The molecule has 1 rings (SSSR count). The van der Waals surface area contributed by atoms with E-state index < -0.39 is 6.10 Å². The zero-order valence-electron chi connectivity index (χ0n) is 11.0. The average molecular weight is 246 g/mol. The number of aliphatic hydroxyl groups is 1. The van der Waals surface area contributed by atoms with Crippen LogP contribution in [0.15, 0.2) is 0 Å². The number of methoxy groups -OCH3 is 1. The largest absolute Gasteiger partial charge is 0.389 e. The number of rotatable bonds is 7. The molecule has 17 heavy (non-hydrogen) atoms. The maximum atomic E-state index is 9.68. The highest BCUT2D eigenvalue weighted by Gasteiger charge is 2.32. The summed E-state index contributed by atoms with van der Waals surface area (Å²) in [6.45, 7) is 4.06. The minimum atomic E-state index is -0.440. The molecular weight excluding hydrogens is 220 g/mol. The van der Waals surface area contributed by atoms with Gasteiger partial charge in [-0.25, -0.2) is 0 Å². The van der Waals surface area contributed by atoms with Crippen molar-refractivity contribution in [3.8, 4) is 0 Å². The highest BCUT2D eigenvalue weighted by atomic mass is 16.5. The van der Waals surface area contributed by atoms with Crippen molar-refractivity contribution in [3.63, 3.8) is 0 Å². The summed E-state index contributed by atoms with van der Waals surface area (Å²) in [6.07, 6.45) is 1.74. The van der Waals surface area contributed by atoms with Crippen molar-refractivity contribution in [1.29, 1.82) is 0 Å². The average Bonchev–Trinajstić information content (AvgIpc) is 2.30. The van der Waals surface area contributed by atoms with Gasteiger partial charge < -0.3 is 25.2 Å². The fourth-order valence-electron chi connectivity index (χ4n) is 2.50. The number of ether oxygens (including phenoxy) is 2. The highest BCUT2D eigenvalue weighted by Crippen LogP contribution is 2.28. The molecule has 2 atom stereocenters. The van der Waals surface area contributed by atoms with Gasteiger partial charge in [-0.3, -0.25) is 0 Å². The maximum Gasteiger partial charge on any atom is 0.0899 e. The van der Waals surface area contributed by atoms with Crippen LogP contribution in [0.2, 0.25) is 0 Å². The van der Waals surface area contributed by atoms with E-state index in [0.717, 1.165) is 32.6 Å². The van der Waals surface area contributed by atoms with Crippen LogP contribution in [0.25, 0.3) is 0 Å². The van der Waals surface area contributed by atoms with Gasteiger partial charge in [-0.15, -0.1) is 0 Å². The molecule has 1 heterocycles. The zero-order valence-corrected chi connectivity index (χ0v) is 11.0. The van der Waals surface area contributed by atoms with Gasteiger partial charge in [0.25, 0.3) is 0 Å². The Labute approximate surface area is 104 Å². The lowest BCUT2D eigenvalue weighted by atomic mass is 9.82. The second-order valence-corrected chi connectivity index (χ2v) is 5.17. The third kappa shape index (κ3) is 4.89. The fraction of sp³-hybridized carbons (Fsp3) is 1.00. The predicted octanol–water partition coefficient (Wildman–Crippen LogP) is -0.319. The number of nitrogens with two attached hydrogens (primary N) is 1. The quantitative estimate of drug-likeness (QED) is 0.644. The number of nitrogens with zero attached hydrogens (tertiary/aromatic N) is 1. The van der Waals surface area contributed by atoms with Gasteiger partial charge in [-0.2, -0.15) is 0 Å². The minimum absolute atomic E-state index is 0.0553. The van der Waals surface area contributed by atoms with Crippen molar-refractivity contribution in [2.24, 2.45) is 11.1 Å². The molecule has 3 N–H and O–H groups in total. The van der Waals surface area contributed by atoms with Crippen LogP contribution < -0.4 is 5.73 Å². The number of aliphatic hydroxyl groups excluding tert-OH is 1. The second kappa shape index (κ2) is 7.28. The van der Waals surface area contributed by atoms with E-state index in [4.69, 9.17) is 15.2 Å². The van der Waals surface area contributed by atoms with Crippen LogP contribution >= 0.6 is 0 Å². The highest BCUT2D eigenvalue weighted by molar-refractivity contribution is 4.85. The smallest absolute Gasteiger partial charge is 0.0899 e. The normalized spacial score (nSPS) is 27.4. The Balaban J connectivity index is 2.38. The molecule has 0 aliphatic carbocycles. The van der Waals surface area contributed by atoms with Crippen molar-refractivity contribution >= 4 is 0 Å². The Bertz CT molecular complexity index is 208. The maximum absolute atomic E-state index is 9.68. The predicted molar refractivity (Wildman–Crippen MR) is 66.9 cm³/mol. The first kappa shape index (κ1) is 14.9. The van der Waals surface area contributed by atoms with Crippen LogP contribution in [0.4, 0.5) is 0 Å². The Morgan fingerprint density at radius 1 is 1.59 bits per heavy atom. The van der Waals surface area contributed by atoms with E-state index in [0.29, 0.717) is 19.7 Å². The number of hydrogen-bond donors (Lipinski definition) is 2. The van der Waals surface area contributed by atoms with Gasteiger partial charge in [0.2, 0.25) is 0 Å². The van der Waals surface area contributed by atoms with Gasteiger partial charge in [0.05, 0.1) is 19.3 Å². The molecule has 0 spiro atoms. The summed E-state index contributed by atoms with van der Waals surface area (Å²) in [5.74, 6) is 0. The summed E-state index contributed by atoms with van der Waals surface area (Å²) in [4.78, 5) is 2.12. The van der Waals surface area contributed by atoms with Gasteiger partial charge in [-0.1, -0.05) is 0 Å². The van der Waals surface area contributed by atoms with Gasteiger partial charge >= 0.3 is 0 Å². The standard InChI is InChI=1S/C12H26N2O3/c1-14(6-11(15)7-16-2)9-12(8-13)4-3-5-17-10-12/h11,15H,3-10,13H2,1-2H3. The summed E-state index contributed by atoms with van der Waals surface area (Å²) < 4.78 is 10.5. The summed E-state index contributed by atoms with van der Waals surface area (Å²) in [6, 6.07) is 0. The van der Waals surface area contributed by atoms with E-state index in [1.54, 1.807) is 7.11 Å². The third-order valence-corrected chi connectivity index (χ3v) is 3.32. The number of likely N-dealkylation sites (N-methyl/N-ethyl adjacent to an activating group) is 1. The van der Waals surface area contributed by atoms with Crippen LogP contribution in [-0.4, -0.2) is 69.7 Å². The van der Waals surface area contributed by atoms with Gasteiger partial charge in [0.1, 0.15) is 0 Å². The van der Waals surface area contributed by atoms with E-state index in [1.165, 1.54) is 0 Å². The zero-order chi connectivity index (χ0) is 12.7. The molecule has 102 valence electrons. The summed E-state index contributed by atoms with van der Waals surface area (Å²) in [5.41, 5.74) is 5.94. The molecule has 1 aliphatic rings. The Kier molecular flexibility index (Phi) is 6.37. The van der Waals surface area contributed by atoms with E-state index in [2.05, 4.69) is 4.90 Å². The van der Waals surface area contributed by atoms with Crippen LogP contribution in [0.5, 0.6) is 0 Å². The van der Waals surface area contributed by atoms with E-state index in [9.17, 15) is 5.11 Å². The summed E-state index contributed by atoms with van der Waals surface area (Å²) >= 11 is 0. The Hall–Kier alpha value is -0.200. The summed E-state index contributed by atoms with van der Waals surface area (Å²) in [7, 11) is 3.60. The number of hydrogen-bond acceptors (Lipinski definition) is 5. The first-order chi connectivity index (χ1) is 8.12. The van der Waals surface area contributed by atoms with E-state index >= 15 is 0 Å². The fourth-order valence-corrected chi connectivity index (χ4v) is 2.50. The molecule has 0 radical (unpaired) electrons. The second-order valence-electron chi connectivity index (χ2n) is 5.17. The topological polar surface area (TPSA) is 68.0 Å². The van der Waals surface area contributed by atoms with Crippen molar-refractivity contribution in [1.82, 2.24) is 4.90 Å². The van der Waals surface area contributed by atoms with Crippen molar-refractivity contribution < 1.29 is 14.6 Å². The Morgan fingerprint density at radius 3 is 2.88 bits per heavy atom. The molecular formula is C12H26N2O3. The van der Waals surface area contributed by atoms with E-state index in [1.807, 2.05) is 7.05 Å². The van der Waals surface area contributed by atoms with Crippen LogP contribution in [0.3, 0.4) is 0 Å². The lowest BCUT2D eigenvalue weighted by Gasteiger charge is -2.39. The molecule has 0 amide bonds. The molecule has 5 heteroatoms. The minimum Gasteiger partial charge on any atom is -0.389 e. The Morgan fingerprint density at radius 2 is 2.35 bits per heavy atom. The molecule has 2 unspecified atom stereocenters. The molecule has 0 aromatic rings. The van der Waals surface area contributed by atoms with E-state index in [-0.39, 0.29) is 5.41 Å². The van der Waals surface area contributed by atoms with Gasteiger partial charge in [0, 0.05) is 38.8 Å². The van der Waals surface area contributed by atoms with Crippen molar-refractivity contribution in [2.45, 2.75) is 18.9 Å². The molecule has 1 saturated heterocycles. The summed E-state index contributed by atoms with van der Waals surface area (Å²) in [5, 5.41) is 9.68. The third-order valence-electron chi connectivity index (χ3n) is 3.32. The van der Waals surface area contributed by atoms with Crippen molar-refractivity contribution in [3.05, 3.63) is 0 Å². The molecule has 0 aromatic heterocycles. The first-order valence-corrected chi connectivity index (χ1v) is 6.25. The van der Waals surface area contributed by atoms with Gasteiger partial charge in [0.15, 0.2) is 0 Å². The van der Waals surface area contributed by atoms with Crippen LogP contribution in [0, 0.1) is 5.41 Å². The molecule has 1 aliphatic heterocycles. The molecule has 0 bridgehead atoms. The molecule has 0 aromatic carbocycles. The monoisotopic (exact) mass is 246 g/mol. The molecule has 0 saturated carbocycles. The lowest BCUT2D eigenvalue weighted by molar-refractivity contribution is -0.0278. The first-order valence-electron chi connectivity index (χ1n) is 6.25. The van der Waals surface area contributed by atoms with Gasteiger partial charge in [-0.05, 0) is 19.9 Å². The van der Waals surface area contributed by atoms with Crippen LogP contribution in [0.1, 0.15) is 12.8 Å². The SMILES string of the molecule is COCC(O)CN(C)CC1(CN)CCCOC1. The lowest BCUT2D eigenvalue weighted by Crippen LogP contribution is -2.48. The van der Waals surface area contributed by atoms with Crippen molar-refractivity contribution in [2.75, 3.05) is 53.6 Å².